The molecule has 1 aromatic carbocycles. The first-order chi connectivity index (χ1) is 11.7. The Hall–Kier alpha value is -2.59. The quantitative estimate of drug-likeness (QED) is 0.612. The number of carbonyl (C=O) groups excluding carboxylic acids is 2. The number of amides is 3. The highest BCUT2D eigenvalue weighted by atomic mass is 19.4. The molecule has 11 heteroatoms. The first-order valence-corrected chi connectivity index (χ1v) is 7.04. The molecule has 0 bridgehead atoms. The van der Waals surface area contributed by atoms with E-state index in [2.05, 4.69) is 15.4 Å². The predicted molar refractivity (Wildman–Crippen MR) is 77.2 cm³/mol. The average Bonchev–Trinajstić information content (AvgIpc) is 2.51. The molecular weight excluding hydrogens is 353 g/mol. The van der Waals surface area contributed by atoms with E-state index in [-0.39, 0.29) is 12.3 Å². The summed E-state index contributed by atoms with van der Waals surface area (Å²) in [6, 6.07) is 5.07. The van der Waals surface area contributed by atoms with Gasteiger partial charge in [0.05, 0.1) is 6.54 Å². The van der Waals surface area contributed by atoms with Crippen LogP contribution in [0.1, 0.15) is 5.56 Å². The molecule has 0 spiro atoms. The number of ether oxygens (including phenoxy) is 1. The van der Waals surface area contributed by atoms with Gasteiger partial charge in [-0.2, -0.15) is 22.0 Å². The topological polar surface area (TPSA) is 79.5 Å². The van der Waals surface area contributed by atoms with Crippen molar-refractivity contribution in [2.24, 2.45) is 0 Å². The first-order valence-electron chi connectivity index (χ1n) is 7.04. The number of nitrogens with one attached hydrogen (secondary N) is 3. The second-order valence-corrected chi connectivity index (χ2v) is 4.77. The minimum atomic E-state index is -4.52. The van der Waals surface area contributed by atoms with Crippen molar-refractivity contribution in [3.05, 3.63) is 29.8 Å². The second-order valence-electron chi connectivity index (χ2n) is 4.77. The lowest BCUT2D eigenvalue weighted by molar-refractivity contribution is -0.137. The molecule has 25 heavy (non-hydrogen) atoms. The maximum atomic E-state index is 12.0. The minimum absolute atomic E-state index is 0.00863. The van der Waals surface area contributed by atoms with E-state index in [1.165, 1.54) is 12.1 Å². The van der Waals surface area contributed by atoms with Gasteiger partial charge in [-0.1, -0.05) is 12.1 Å². The van der Waals surface area contributed by atoms with Gasteiger partial charge in [-0.3, -0.25) is 4.79 Å². The number of halogens is 5. The van der Waals surface area contributed by atoms with Crippen molar-refractivity contribution in [2.45, 2.75) is 19.2 Å². The molecule has 0 radical (unpaired) electrons. The average molecular weight is 369 g/mol. The lowest BCUT2D eigenvalue weighted by Crippen LogP contribution is -2.44. The van der Waals surface area contributed by atoms with Crippen molar-refractivity contribution in [1.29, 1.82) is 0 Å². The second kappa shape index (κ2) is 9.64. The SMILES string of the molecule is O=C(CNC(=O)NCCc1ccc(OC(F)F)cc1)NCC(F)(F)F. The molecule has 3 N–H and O–H groups in total. The summed E-state index contributed by atoms with van der Waals surface area (Å²) in [6.45, 7) is -4.81. The van der Waals surface area contributed by atoms with Gasteiger partial charge in [0, 0.05) is 6.54 Å². The molecule has 3 amide bonds. The Balaban J connectivity index is 2.21. The molecule has 0 aliphatic rings. The summed E-state index contributed by atoms with van der Waals surface area (Å²) in [5.41, 5.74) is 0.741. The van der Waals surface area contributed by atoms with Crippen LogP contribution in [-0.4, -0.2) is 44.4 Å². The van der Waals surface area contributed by atoms with Crippen LogP contribution in [0.3, 0.4) is 0 Å². The maximum Gasteiger partial charge on any atom is 0.405 e. The maximum absolute atomic E-state index is 12.0. The van der Waals surface area contributed by atoms with E-state index in [9.17, 15) is 31.5 Å². The van der Waals surface area contributed by atoms with Crippen LogP contribution in [0.2, 0.25) is 0 Å². The summed E-state index contributed by atoms with van der Waals surface area (Å²) in [5, 5.41) is 6.11. The fourth-order valence-corrected chi connectivity index (χ4v) is 1.64. The van der Waals surface area contributed by atoms with Crippen LogP contribution >= 0.6 is 0 Å². The zero-order chi connectivity index (χ0) is 18.9. The molecule has 1 aromatic rings. The third-order valence-electron chi connectivity index (χ3n) is 2.74. The minimum Gasteiger partial charge on any atom is -0.435 e. The zero-order valence-electron chi connectivity index (χ0n) is 12.8. The summed E-state index contributed by atoms with van der Waals surface area (Å²) < 4.78 is 63.8. The number of hydrogen-bond acceptors (Lipinski definition) is 3. The molecule has 0 saturated carbocycles. The first kappa shape index (κ1) is 20.5. The van der Waals surface area contributed by atoms with Crippen LogP contribution in [0.5, 0.6) is 5.75 Å². The fraction of sp³-hybridized carbons (Fsp3) is 0.429. The predicted octanol–water partition coefficient (Wildman–Crippen LogP) is 1.81. The summed E-state index contributed by atoms with van der Waals surface area (Å²) in [5.74, 6) is -0.962. The highest BCUT2D eigenvalue weighted by molar-refractivity contribution is 5.83. The molecule has 6 nitrogen and oxygen atoms in total. The monoisotopic (exact) mass is 369 g/mol. The van der Waals surface area contributed by atoms with Gasteiger partial charge < -0.3 is 20.7 Å². The Bertz CT molecular complexity index is 564. The van der Waals surface area contributed by atoms with E-state index in [0.29, 0.717) is 6.42 Å². The molecule has 140 valence electrons. The van der Waals surface area contributed by atoms with Crippen LogP contribution in [0.25, 0.3) is 0 Å². The lowest BCUT2D eigenvalue weighted by atomic mass is 10.1. The normalized spacial score (nSPS) is 11.1. The van der Waals surface area contributed by atoms with Crippen molar-refractivity contribution in [3.63, 3.8) is 0 Å². The third-order valence-corrected chi connectivity index (χ3v) is 2.74. The molecular formula is C14H16F5N3O3. The summed E-state index contributed by atoms with van der Waals surface area (Å²) in [4.78, 5) is 22.5. The molecule has 0 unspecified atom stereocenters. The Labute approximate surface area is 139 Å². The Morgan fingerprint density at radius 3 is 2.24 bits per heavy atom. The number of alkyl halides is 5. The van der Waals surface area contributed by atoms with E-state index in [0.717, 1.165) is 5.56 Å². The smallest absolute Gasteiger partial charge is 0.405 e. The van der Waals surface area contributed by atoms with Gasteiger partial charge in [-0.25, -0.2) is 4.79 Å². The highest BCUT2D eigenvalue weighted by Crippen LogP contribution is 2.15. The molecule has 0 aliphatic heterocycles. The van der Waals surface area contributed by atoms with Gasteiger partial charge in [0.2, 0.25) is 5.91 Å². The van der Waals surface area contributed by atoms with Crippen molar-refractivity contribution in [1.82, 2.24) is 16.0 Å². The Kier molecular flexibility index (Phi) is 7.89. The third kappa shape index (κ3) is 9.99. The number of hydrogen-bond donors (Lipinski definition) is 3. The summed E-state index contributed by atoms with van der Waals surface area (Å²) >= 11 is 0. The van der Waals surface area contributed by atoms with Gasteiger partial charge in [0.1, 0.15) is 12.3 Å². The standard InChI is InChI=1S/C14H16F5N3O3/c15-12(16)25-10-3-1-9(2-4-10)5-6-20-13(24)21-7-11(23)22-8-14(17,18)19/h1-4,12H,5-8H2,(H,22,23)(H2,20,21,24). The van der Waals surface area contributed by atoms with Crippen molar-refractivity contribution >= 4 is 11.9 Å². The van der Waals surface area contributed by atoms with E-state index in [4.69, 9.17) is 0 Å². The molecule has 1 rings (SSSR count). The molecule has 0 atom stereocenters. The largest absolute Gasteiger partial charge is 0.435 e. The number of urea groups is 1. The van der Waals surface area contributed by atoms with Gasteiger partial charge >= 0.3 is 18.8 Å². The zero-order valence-corrected chi connectivity index (χ0v) is 12.8. The van der Waals surface area contributed by atoms with Gasteiger partial charge in [-0.15, -0.1) is 0 Å². The molecule has 0 fully saturated rings. The van der Waals surface area contributed by atoms with Gasteiger partial charge in [0.15, 0.2) is 0 Å². The molecule has 0 aromatic heterocycles. The van der Waals surface area contributed by atoms with Gasteiger partial charge in [0.25, 0.3) is 0 Å². The van der Waals surface area contributed by atoms with Crippen LogP contribution in [0, 0.1) is 0 Å². The highest BCUT2D eigenvalue weighted by Gasteiger charge is 2.27. The molecule has 0 aliphatic carbocycles. The van der Waals surface area contributed by atoms with Crippen molar-refractivity contribution in [2.75, 3.05) is 19.6 Å². The van der Waals surface area contributed by atoms with E-state index in [1.807, 2.05) is 0 Å². The van der Waals surface area contributed by atoms with Crippen molar-refractivity contribution in [3.8, 4) is 5.75 Å². The summed E-state index contributed by atoms with van der Waals surface area (Å²) in [7, 11) is 0. The van der Waals surface area contributed by atoms with Gasteiger partial charge in [-0.05, 0) is 24.1 Å². The van der Waals surface area contributed by atoms with Crippen LogP contribution in [0.4, 0.5) is 26.7 Å². The van der Waals surface area contributed by atoms with Crippen LogP contribution in [0.15, 0.2) is 24.3 Å². The summed E-state index contributed by atoms with van der Waals surface area (Å²) in [6.07, 6.45) is -4.14. The number of carbonyl (C=O) groups is 2. The van der Waals surface area contributed by atoms with Crippen LogP contribution in [-0.2, 0) is 11.2 Å². The lowest BCUT2D eigenvalue weighted by Gasteiger charge is -2.10. The fourth-order valence-electron chi connectivity index (χ4n) is 1.64. The van der Waals surface area contributed by atoms with E-state index < -0.39 is 37.8 Å². The molecule has 0 heterocycles. The van der Waals surface area contributed by atoms with E-state index >= 15 is 0 Å². The van der Waals surface area contributed by atoms with E-state index in [1.54, 1.807) is 17.4 Å². The number of benzene rings is 1. The molecule has 0 saturated heterocycles. The Morgan fingerprint density at radius 2 is 1.68 bits per heavy atom. The number of rotatable bonds is 8. The van der Waals surface area contributed by atoms with Crippen LogP contribution < -0.4 is 20.7 Å². The van der Waals surface area contributed by atoms with Crippen molar-refractivity contribution < 1.29 is 36.3 Å². The Morgan fingerprint density at radius 1 is 1.04 bits per heavy atom.